The number of carbonyl (C=O) groups excluding carboxylic acids is 1. The van der Waals surface area contributed by atoms with Gasteiger partial charge in [0, 0.05) is 13.1 Å². The van der Waals surface area contributed by atoms with Crippen molar-refractivity contribution in [3.63, 3.8) is 0 Å². The third kappa shape index (κ3) is 2.83. The Morgan fingerprint density at radius 3 is 2.79 bits per heavy atom. The first-order valence-corrected chi connectivity index (χ1v) is 6.08. The Bertz CT molecular complexity index is 516. The van der Waals surface area contributed by atoms with Gasteiger partial charge in [0.2, 0.25) is 0 Å². The maximum Gasteiger partial charge on any atom is 0.340 e. The zero-order chi connectivity index (χ0) is 13.8. The van der Waals surface area contributed by atoms with Crippen molar-refractivity contribution in [1.82, 2.24) is 4.98 Å². The van der Waals surface area contributed by atoms with Gasteiger partial charge in [-0.3, -0.25) is 0 Å². The molecule has 1 N–H and O–H groups in total. The molecular formula is C13H15N3O3. The van der Waals surface area contributed by atoms with Gasteiger partial charge in [0.1, 0.15) is 11.9 Å². The average Bonchev–Trinajstić information content (AvgIpc) is 2.46. The van der Waals surface area contributed by atoms with Gasteiger partial charge in [-0.05, 0) is 25.0 Å². The number of pyridine rings is 1. The molecule has 0 unspecified atom stereocenters. The van der Waals surface area contributed by atoms with Gasteiger partial charge in [-0.25, -0.2) is 9.78 Å². The monoisotopic (exact) mass is 261 g/mol. The van der Waals surface area contributed by atoms with E-state index >= 15 is 0 Å². The molecule has 0 amide bonds. The molecule has 6 nitrogen and oxygen atoms in total. The van der Waals surface area contributed by atoms with Crippen LogP contribution in [0.4, 0.5) is 5.82 Å². The first-order valence-electron chi connectivity index (χ1n) is 6.08. The van der Waals surface area contributed by atoms with Crippen molar-refractivity contribution in [2.45, 2.75) is 18.9 Å². The number of esters is 1. The molecule has 0 radical (unpaired) electrons. The number of hydrogen-bond donors (Lipinski definition) is 1. The number of nitrogens with zero attached hydrogens (tertiary/aromatic N) is 3. The maximum atomic E-state index is 11.5. The summed E-state index contributed by atoms with van der Waals surface area (Å²) in [6.45, 7) is 1.38. The van der Waals surface area contributed by atoms with Crippen LogP contribution >= 0.6 is 0 Å². The molecule has 0 aromatic carbocycles. The van der Waals surface area contributed by atoms with E-state index in [1.54, 1.807) is 12.1 Å². The molecule has 1 aromatic rings. The van der Waals surface area contributed by atoms with E-state index in [0.717, 1.165) is 0 Å². The van der Waals surface area contributed by atoms with Crippen molar-refractivity contribution in [3.8, 4) is 6.07 Å². The number of ether oxygens (including phenoxy) is 1. The molecule has 6 heteroatoms. The quantitative estimate of drug-likeness (QED) is 0.789. The molecule has 0 atom stereocenters. The normalized spacial score (nSPS) is 15.9. The summed E-state index contributed by atoms with van der Waals surface area (Å²) in [4.78, 5) is 17.6. The number of methoxy groups -OCH3 is 1. The highest BCUT2D eigenvalue weighted by Gasteiger charge is 2.20. The van der Waals surface area contributed by atoms with E-state index in [2.05, 4.69) is 9.72 Å². The minimum absolute atomic E-state index is 0.0653. The summed E-state index contributed by atoms with van der Waals surface area (Å²) in [7, 11) is 1.27. The number of carbonyl (C=O) groups is 1. The number of aliphatic hydroxyl groups is 1. The number of hydrogen-bond acceptors (Lipinski definition) is 6. The second-order valence-corrected chi connectivity index (χ2v) is 4.39. The predicted octanol–water partition coefficient (Wildman–Crippen LogP) is 0.701. The first kappa shape index (κ1) is 13.3. The Morgan fingerprint density at radius 2 is 2.21 bits per heavy atom. The number of piperidine rings is 1. The summed E-state index contributed by atoms with van der Waals surface area (Å²) in [5.41, 5.74) is 0.237. The molecule has 2 rings (SSSR count). The third-order valence-corrected chi connectivity index (χ3v) is 3.18. The molecule has 1 aliphatic heterocycles. The van der Waals surface area contributed by atoms with Gasteiger partial charge in [-0.15, -0.1) is 0 Å². The lowest BCUT2D eigenvalue weighted by Crippen LogP contribution is -2.36. The second kappa shape index (κ2) is 5.67. The van der Waals surface area contributed by atoms with E-state index in [9.17, 15) is 9.90 Å². The van der Waals surface area contributed by atoms with Crippen molar-refractivity contribution in [1.29, 1.82) is 5.26 Å². The van der Waals surface area contributed by atoms with Crippen LogP contribution in [-0.4, -0.2) is 42.4 Å². The molecule has 2 heterocycles. The summed E-state index contributed by atoms with van der Waals surface area (Å²) in [6.07, 6.45) is 1.10. The molecule has 0 bridgehead atoms. The van der Waals surface area contributed by atoms with E-state index < -0.39 is 5.97 Å². The van der Waals surface area contributed by atoms with Crippen molar-refractivity contribution in [2.24, 2.45) is 0 Å². The number of aromatic nitrogens is 1. The van der Waals surface area contributed by atoms with E-state index in [0.29, 0.717) is 31.7 Å². The van der Waals surface area contributed by atoms with Crippen LogP contribution in [0.2, 0.25) is 0 Å². The molecular weight excluding hydrogens is 246 g/mol. The van der Waals surface area contributed by atoms with Gasteiger partial charge in [0.15, 0.2) is 5.69 Å². The van der Waals surface area contributed by atoms with Crippen molar-refractivity contribution < 1.29 is 14.6 Å². The van der Waals surface area contributed by atoms with Gasteiger partial charge in [0.05, 0.1) is 18.8 Å². The fourth-order valence-electron chi connectivity index (χ4n) is 2.08. The fourth-order valence-corrected chi connectivity index (χ4v) is 2.08. The molecule has 100 valence electrons. The zero-order valence-electron chi connectivity index (χ0n) is 10.7. The van der Waals surface area contributed by atoms with Gasteiger partial charge in [-0.2, -0.15) is 5.26 Å². The smallest absolute Gasteiger partial charge is 0.340 e. The maximum absolute atomic E-state index is 11.5. The van der Waals surface area contributed by atoms with E-state index in [1.165, 1.54) is 7.11 Å². The lowest BCUT2D eigenvalue weighted by molar-refractivity contribution is 0.0600. The summed E-state index contributed by atoms with van der Waals surface area (Å²) < 4.78 is 4.60. The van der Waals surface area contributed by atoms with E-state index in [-0.39, 0.29) is 17.4 Å². The van der Waals surface area contributed by atoms with Crippen LogP contribution in [-0.2, 0) is 4.74 Å². The number of anilines is 1. The van der Waals surface area contributed by atoms with Gasteiger partial charge in [-0.1, -0.05) is 0 Å². The minimum Gasteiger partial charge on any atom is -0.465 e. The Kier molecular flexibility index (Phi) is 3.97. The minimum atomic E-state index is -0.565. The molecule has 0 saturated carbocycles. The number of aliphatic hydroxyl groups excluding tert-OH is 1. The van der Waals surface area contributed by atoms with Crippen LogP contribution in [0.5, 0.6) is 0 Å². The molecule has 0 spiro atoms. The number of rotatable bonds is 2. The summed E-state index contributed by atoms with van der Waals surface area (Å²) in [5.74, 6) is 0.0840. The van der Waals surface area contributed by atoms with Crippen LogP contribution < -0.4 is 4.90 Å². The molecule has 1 aliphatic rings. The van der Waals surface area contributed by atoms with Crippen molar-refractivity contribution in [2.75, 3.05) is 25.1 Å². The third-order valence-electron chi connectivity index (χ3n) is 3.18. The Labute approximate surface area is 111 Å². The molecule has 1 saturated heterocycles. The zero-order valence-corrected chi connectivity index (χ0v) is 10.7. The standard InChI is InChI=1S/C13H15N3O3/c1-19-13(18)10-2-3-12(15-11(10)8-14)16-6-4-9(17)5-7-16/h2-3,9,17H,4-7H2,1H3. The average molecular weight is 261 g/mol. The SMILES string of the molecule is COC(=O)c1ccc(N2CCC(O)CC2)nc1C#N. The topological polar surface area (TPSA) is 86.4 Å². The molecule has 1 aromatic heterocycles. The van der Waals surface area contributed by atoms with Crippen LogP contribution in [0.3, 0.4) is 0 Å². The van der Waals surface area contributed by atoms with Gasteiger partial charge >= 0.3 is 5.97 Å². The van der Waals surface area contributed by atoms with Crippen LogP contribution in [0, 0.1) is 11.3 Å². The van der Waals surface area contributed by atoms with Gasteiger partial charge < -0.3 is 14.7 Å². The number of nitriles is 1. The van der Waals surface area contributed by atoms with Gasteiger partial charge in [0.25, 0.3) is 0 Å². The van der Waals surface area contributed by atoms with Crippen LogP contribution in [0.15, 0.2) is 12.1 Å². The highest BCUT2D eigenvalue weighted by atomic mass is 16.5. The van der Waals surface area contributed by atoms with E-state index in [4.69, 9.17) is 5.26 Å². The van der Waals surface area contributed by atoms with Crippen LogP contribution in [0.1, 0.15) is 28.9 Å². The lowest BCUT2D eigenvalue weighted by Gasteiger charge is -2.30. The molecule has 0 aliphatic carbocycles. The highest BCUT2D eigenvalue weighted by Crippen LogP contribution is 2.20. The fraction of sp³-hybridized carbons (Fsp3) is 0.462. The summed E-state index contributed by atoms with van der Waals surface area (Å²) in [5, 5.41) is 18.5. The van der Waals surface area contributed by atoms with Crippen molar-refractivity contribution >= 4 is 11.8 Å². The summed E-state index contributed by atoms with van der Waals surface area (Å²) in [6, 6.07) is 5.16. The lowest BCUT2D eigenvalue weighted by atomic mass is 10.1. The summed E-state index contributed by atoms with van der Waals surface area (Å²) >= 11 is 0. The molecule has 1 fully saturated rings. The van der Waals surface area contributed by atoms with E-state index in [1.807, 2.05) is 11.0 Å². The largest absolute Gasteiger partial charge is 0.465 e. The second-order valence-electron chi connectivity index (χ2n) is 4.39. The first-order chi connectivity index (χ1) is 9.15. The van der Waals surface area contributed by atoms with Crippen molar-refractivity contribution in [3.05, 3.63) is 23.4 Å². The predicted molar refractivity (Wildman–Crippen MR) is 67.7 cm³/mol. The van der Waals surface area contributed by atoms with Crippen LogP contribution in [0.25, 0.3) is 0 Å². The Balaban J connectivity index is 2.25. The highest BCUT2D eigenvalue weighted by molar-refractivity contribution is 5.91. The Morgan fingerprint density at radius 1 is 1.53 bits per heavy atom. The Hall–Kier alpha value is -2.13. The molecule has 19 heavy (non-hydrogen) atoms.